The summed E-state index contributed by atoms with van der Waals surface area (Å²) >= 11 is 0. The fourth-order valence-electron chi connectivity index (χ4n) is 2.41. The molecule has 0 atom stereocenters. The maximum absolute atomic E-state index is 11.7. The Hall–Kier alpha value is -1.85. The summed E-state index contributed by atoms with van der Waals surface area (Å²) in [6.07, 6.45) is 6.48. The lowest BCUT2D eigenvalue weighted by Crippen LogP contribution is -2.25. The second-order valence-corrected chi connectivity index (χ2v) is 4.97. The van der Waals surface area contributed by atoms with E-state index in [2.05, 4.69) is 10.5 Å². The van der Waals surface area contributed by atoms with Crippen LogP contribution >= 0.6 is 0 Å². The minimum absolute atomic E-state index is 0.0137. The minimum Gasteiger partial charge on any atom is -0.476 e. The van der Waals surface area contributed by atoms with E-state index >= 15 is 0 Å². The number of rotatable bonds is 5. The van der Waals surface area contributed by atoms with Crippen LogP contribution in [0.2, 0.25) is 0 Å². The highest BCUT2D eigenvalue weighted by Crippen LogP contribution is 2.26. The Labute approximate surface area is 111 Å². The third-order valence-corrected chi connectivity index (χ3v) is 3.44. The molecule has 0 radical (unpaired) electrons. The lowest BCUT2D eigenvalue weighted by atomic mass is 9.87. The molecular weight excluding hydrogens is 248 g/mol. The van der Waals surface area contributed by atoms with Gasteiger partial charge in [-0.25, -0.2) is 4.79 Å². The molecule has 1 aliphatic rings. The molecule has 104 valence electrons. The Morgan fingerprint density at radius 1 is 1.37 bits per heavy atom. The summed E-state index contributed by atoms with van der Waals surface area (Å²) < 4.78 is 4.82. The number of aromatic nitrogens is 1. The van der Waals surface area contributed by atoms with Crippen molar-refractivity contribution in [3.63, 3.8) is 0 Å². The zero-order chi connectivity index (χ0) is 13.7. The van der Waals surface area contributed by atoms with Crippen molar-refractivity contribution < 1.29 is 19.2 Å². The second-order valence-electron chi connectivity index (χ2n) is 4.97. The number of nitrogens with one attached hydrogen (secondary N) is 1. The molecule has 19 heavy (non-hydrogen) atoms. The van der Waals surface area contributed by atoms with Crippen molar-refractivity contribution >= 4 is 11.9 Å². The maximum Gasteiger partial charge on any atom is 0.358 e. The maximum atomic E-state index is 11.7. The lowest BCUT2D eigenvalue weighted by Gasteiger charge is -2.20. The number of carbonyl (C=O) groups is 2. The molecule has 2 rings (SSSR count). The number of aromatic carboxylic acids is 1. The van der Waals surface area contributed by atoms with E-state index in [1.165, 1.54) is 25.3 Å². The van der Waals surface area contributed by atoms with Crippen LogP contribution in [0.1, 0.15) is 54.8 Å². The molecule has 1 aromatic rings. The molecule has 1 heterocycles. The van der Waals surface area contributed by atoms with Crippen LogP contribution in [-0.4, -0.2) is 22.1 Å². The minimum atomic E-state index is -1.14. The third-order valence-electron chi connectivity index (χ3n) is 3.44. The topological polar surface area (TPSA) is 92.4 Å². The van der Waals surface area contributed by atoms with Crippen molar-refractivity contribution in [2.24, 2.45) is 5.92 Å². The molecule has 1 fully saturated rings. The standard InChI is InChI=1S/C13H18N2O4/c16-12(6-9-4-2-1-3-5-9)14-8-10-7-11(13(17)18)15-19-10/h7,9H,1-6,8H2,(H,14,16)(H,17,18). The first kappa shape index (κ1) is 13.6. The van der Waals surface area contributed by atoms with Crippen molar-refractivity contribution in [3.8, 4) is 0 Å². The van der Waals surface area contributed by atoms with Gasteiger partial charge in [-0.2, -0.15) is 0 Å². The van der Waals surface area contributed by atoms with Crippen molar-refractivity contribution in [1.29, 1.82) is 0 Å². The van der Waals surface area contributed by atoms with Crippen LogP contribution in [0.3, 0.4) is 0 Å². The first-order chi connectivity index (χ1) is 9.15. The largest absolute Gasteiger partial charge is 0.476 e. The number of carboxylic acids is 1. The summed E-state index contributed by atoms with van der Waals surface area (Å²) in [5.41, 5.74) is -0.142. The molecule has 0 spiro atoms. The Kier molecular flexibility index (Phi) is 4.54. The summed E-state index contributed by atoms with van der Waals surface area (Å²) in [5, 5.41) is 14.8. The van der Waals surface area contributed by atoms with Gasteiger partial charge in [0.15, 0.2) is 11.5 Å². The summed E-state index contributed by atoms with van der Waals surface area (Å²) in [6, 6.07) is 1.32. The molecule has 1 saturated carbocycles. The summed E-state index contributed by atoms with van der Waals surface area (Å²) in [6.45, 7) is 0.186. The predicted octanol–water partition coefficient (Wildman–Crippen LogP) is 1.96. The van der Waals surface area contributed by atoms with E-state index in [4.69, 9.17) is 9.63 Å². The Morgan fingerprint density at radius 3 is 2.74 bits per heavy atom. The Bertz CT molecular complexity index is 449. The first-order valence-electron chi connectivity index (χ1n) is 6.60. The monoisotopic (exact) mass is 266 g/mol. The van der Waals surface area contributed by atoms with E-state index in [0.29, 0.717) is 18.1 Å². The van der Waals surface area contributed by atoms with E-state index in [0.717, 1.165) is 12.8 Å². The van der Waals surface area contributed by atoms with Crippen molar-refractivity contribution in [1.82, 2.24) is 10.5 Å². The molecule has 0 aromatic carbocycles. The molecule has 6 heteroatoms. The van der Waals surface area contributed by atoms with E-state index in [1.54, 1.807) is 0 Å². The molecule has 0 unspecified atom stereocenters. The summed E-state index contributed by atoms with van der Waals surface area (Å²) in [4.78, 5) is 22.3. The number of hydrogen-bond donors (Lipinski definition) is 2. The summed E-state index contributed by atoms with van der Waals surface area (Å²) in [5.74, 6) is -0.309. The van der Waals surface area contributed by atoms with Crippen molar-refractivity contribution in [3.05, 3.63) is 17.5 Å². The SMILES string of the molecule is O=C(CC1CCCCC1)NCc1cc(C(=O)O)no1. The van der Waals surface area contributed by atoms with Gasteiger partial charge in [0.25, 0.3) is 0 Å². The smallest absolute Gasteiger partial charge is 0.358 e. The van der Waals surface area contributed by atoms with Crippen LogP contribution in [0.5, 0.6) is 0 Å². The summed E-state index contributed by atoms with van der Waals surface area (Å²) in [7, 11) is 0. The normalized spacial score (nSPS) is 16.2. The van der Waals surface area contributed by atoms with Gasteiger partial charge in [-0.1, -0.05) is 24.4 Å². The number of amides is 1. The van der Waals surface area contributed by atoms with E-state index in [-0.39, 0.29) is 18.1 Å². The highest BCUT2D eigenvalue weighted by molar-refractivity contribution is 5.85. The van der Waals surface area contributed by atoms with Gasteiger partial charge in [0.05, 0.1) is 6.54 Å². The second kappa shape index (κ2) is 6.36. The quantitative estimate of drug-likeness (QED) is 0.849. The molecule has 1 aromatic heterocycles. The molecule has 0 bridgehead atoms. The van der Waals surface area contributed by atoms with Crippen LogP contribution in [0.4, 0.5) is 0 Å². The highest BCUT2D eigenvalue weighted by atomic mass is 16.5. The molecule has 0 saturated heterocycles. The average Bonchev–Trinajstić information content (AvgIpc) is 2.86. The van der Waals surface area contributed by atoms with Gasteiger partial charge >= 0.3 is 5.97 Å². The molecule has 0 aliphatic heterocycles. The fraction of sp³-hybridized carbons (Fsp3) is 0.615. The first-order valence-corrected chi connectivity index (χ1v) is 6.60. The van der Waals surface area contributed by atoms with Gasteiger partial charge in [-0.15, -0.1) is 0 Å². The van der Waals surface area contributed by atoms with Crippen LogP contribution in [-0.2, 0) is 11.3 Å². The number of carboxylic acid groups (broad SMARTS) is 1. The lowest BCUT2D eigenvalue weighted by molar-refractivity contribution is -0.122. The third kappa shape index (κ3) is 4.08. The highest BCUT2D eigenvalue weighted by Gasteiger charge is 2.17. The van der Waals surface area contributed by atoms with Gasteiger partial charge in [0.1, 0.15) is 0 Å². The molecular formula is C13H18N2O4. The number of carbonyl (C=O) groups excluding carboxylic acids is 1. The van der Waals surface area contributed by atoms with Gasteiger partial charge in [0.2, 0.25) is 5.91 Å². The van der Waals surface area contributed by atoms with Crippen molar-refractivity contribution in [2.75, 3.05) is 0 Å². The molecule has 2 N–H and O–H groups in total. The Balaban J connectivity index is 1.74. The number of hydrogen-bond acceptors (Lipinski definition) is 4. The zero-order valence-corrected chi connectivity index (χ0v) is 10.7. The predicted molar refractivity (Wildman–Crippen MR) is 66.5 cm³/mol. The van der Waals surface area contributed by atoms with Gasteiger partial charge in [-0.05, 0) is 18.8 Å². The zero-order valence-electron chi connectivity index (χ0n) is 10.7. The van der Waals surface area contributed by atoms with Crippen LogP contribution in [0.15, 0.2) is 10.6 Å². The van der Waals surface area contributed by atoms with Crippen LogP contribution in [0, 0.1) is 5.92 Å². The van der Waals surface area contributed by atoms with Crippen LogP contribution in [0.25, 0.3) is 0 Å². The van der Waals surface area contributed by atoms with Crippen molar-refractivity contribution in [2.45, 2.75) is 45.1 Å². The van der Waals surface area contributed by atoms with Gasteiger partial charge in [-0.3, -0.25) is 4.79 Å². The van der Waals surface area contributed by atoms with E-state index in [9.17, 15) is 9.59 Å². The Morgan fingerprint density at radius 2 is 2.11 bits per heavy atom. The molecule has 1 amide bonds. The van der Waals surface area contributed by atoms with E-state index < -0.39 is 5.97 Å². The number of nitrogens with zero attached hydrogens (tertiary/aromatic N) is 1. The van der Waals surface area contributed by atoms with Gasteiger partial charge in [0, 0.05) is 12.5 Å². The van der Waals surface area contributed by atoms with E-state index in [1.807, 2.05) is 0 Å². The molecule has 1 aliphatic carbocycles. The fourth-order valence-corrected chi connectivity index (χ4v) is 2.41. The van der Waals surface area contributed by atoms with Gasteiger partial charge < -0.3 is 14.9 Å². The average molecular weight is 266 g/mol. The molecule has 6 nitrogen and oxygen atoms in total. The van der Waals surface area contributed by atoms with Crippen LogP contribution < -0.4 is 5.32 Å².